The summed E-state index contributed by atoms with van der Waals surface area (Å²) in [5, 5.41) is 0. The molecule has 0 N–H and O–H groups in total. The Kier molecular flexibility index (Phi) is 8.43. The summed E-state index contributed by atoms with van der Waals surface area (Å²) in [7, 11) is 1.63. The summed E-state index contributed by atoms with van der Waals surface area (Å²) in [5.74, 6) is 3.19. The summed E-state index contributed by atoms with van der Waals surface area (Å²) in [5.41, 5.74) is 0.579. The smallest absolute Gasteiger partial charge is 0.223 e. The first-order chi connectivity index (χ1) is 15.6. The van der Waals surface area contributed by atoms with Crippen molar-refractivity contribution < 1.29 is 23.7 Å². The van der Waals surface area contributed by atoms with E-state index in [1.807, 2.05) is 66.9 Å². The van der Waals surface area contributed by atoms with Gasteiger partial charge in [0.25, 0.3) is 0 Å². The number of pyridine rings is 1. The SMILES string of the molecule is CCOc1ccccc1OCCOc1c(C)n(CCOc2ccc(OC)cc2)ccc1=O. The van der Waals surface area contributed by atoms with Crippen LogP contribution in [-0.4, -0.2) is 38.1 Å². The van der Waals surface area contributed by atoms with Crippen molar-refractivity contribution in [2.75, 3.05) is 33.5 Å². The van der Waals surface area contributed by atoms with E-state index in [0.717, 1.165) is 17.2 Å². The molecule has 3 aromatic rings. The zero-order chi connectivity index (χ0) is 22.8. The molecule has 2 aromatic carbocycles. The fourth-order valence-electron chi connectivity index (χ4n) is 3.15. The van der Waals surface area contributed by atoms with Crippen molar-refractivity contribution in [2.24, 2.45) is 0 Å². The Morgan fingerprint density at radius 2 is 1.44 bits per heavy atom. The van der Waals surface area contributed by atoms with Crippen molar-refractivity contribution in [2.45, 2.75) is 20.4 Å². The number of benzene rings is 2. The molecular weight excluding hydrogens is 410 g/mol. The molecule has 0 fully saturated rings. The first-order valence-electron chi connectivity index (χ1n) is 10.6. The predicted octanol–water partition coefficient (Wildman–Crippen LogP) is 4.10. The highest BCUT2D eigenvalue weighted by molar-refractivity contribution is 5.39. The average molecular weight is 440 g/mol. The lowest BCUT2D eigenvalue weighted by Crippen LogP contribution is -2.19. The van der Waals surface area contributed by atoms with E-state index in [4.69, 9.17) is 23.7 Å². The molecule has 3 rings (SSSR count). The van der Waals surface area contributed by atoms with Crippen LogP contribution in [0.3, 0.4) is 0 Å². The molecule has 0 aliphatic rings. The molecule has 1 heterocycles. The Morgan fingerprint density at radius 1 is 0.781 bits per heavy atom. The Balaban J connectivity index is 1.53. The Hall–Kier alpha value is -3.61. The number of methoxy groups -OCH3 is 1. The number of ether oxygens (including phenoxy) is 5. The van der Waals surface area contributed by atoms with Gasteiger partial charge in [-0.1, -0.05) is 12.1 Å². The van der Waals surface area contributed by atoms with Gasteiger partial charge in [0.15, 0.2) is 17.2 Å². The highest BCUT2D eigenvalue weighted by Gasteiger charge is 2.10. The lowest BCUT2D eigenvalue weighted by Gasteiger charge is -2.16. The molecule has 7 heteroatoms. The van der Waals surface area contributed by atoms with Crippen LogP contribution in [0.25, 0.3) is 0 Å². The minimum atomic E-state index is -0.162. The van der Waals surface area contributed by atoms with Crippen LogP contribution in [0, 0.1) is 6.92 Å². The second-order valence-corrected chi connectivity index (χ2v) is 6.89. The van der Waals surface area contributed by atoms with E-state index in [2.05, 4.69) is 0 Å². The molecule has 170 valence electrons. The summed E-state index contributed by atoms with van der Waals surface area (Å²) in [6, 6.07) is 16.4. The van der Waals surface area contributed by atoms with Crippen molar-refractivity contribution in [3.8, 4) is 28.7 Å². The first-order valence-corrected chi connectivity index (χ1v) is 10.6. The molecule has 0 amide bonds. The molecule has 0 aliphatic carbocycles. The number of hydrogen-bond acceptors (Lipinski definition) is 6. The predicted molar refractivity (Wildman–Crippen MR) is 123 cm³/mol. The Morgan fingerprint density at radius 3 is 2.12 bits per heavy atom. The number of para-hydroxylation sites is 2. The van der Waals surface area contributed by atoms with Crippen molar-refractivity contribution in [3.05, 3.63) is 76.7 Å². The van der Waals surface area contributed by atoms with Gasteiger partial charge in [-0.05, 0) is 50.2 Å². The van der Waals surface area contributed by atoms with Gasteiger partial charge in [0.2, 0.25) is 5.43 Å². The molecule has 7 nitrogen and oxygen atoms in total. The summed E-state index contributed by atoms with van der Waals surface area (Å²) in [4.78, 5) is 12.3. The topological polar surface area (TPSA) is 68.2 Å². The summed E-state index contributed by atoms with van der Waals surface area (Å²) in [6.07, 6.45) is 1.75. The number of aromatic nitrogens is 1. The van der Waals surface area contributed by atoms with Gasteiger partial charge < -0.3 is 28.3 Å². The van der Waals surface area contributed by atoms with Gasteiger partial charge in [0, 0.05) is 12.3 Å². The second-order valence-electron chi connectivity index (χ2n) is 6.89. The van der Waals surface area contributed by atoms with Gasteiger partial charge in [-0.25, -0.2) is 0 Å². The number of nitrogens with zero attached hydrogens (tertiary/aromatic N) is 1. The Bertz CT molecular complexity index is 1050. The van der Waals surface area contributed by atoms with Crippen LogP contribution in [0.15, 0.2) is 65.6 Å². The van der Waals surface area contributed by atoms with Crippen LogP contribution in [0.2, 0.25) is 0 Å². The third kappa shape index (κ3) is 6.20. The second kappa shape index (κ2) is 11.7. The molecule has 0 spiro atoms. The van der Waals surface area contributed by atoms with Crippen molar-refractivity contribution in [1.82, 2.24) is 4.57 Å². The fourth-order valence-corrected chi connectivity index (χ4v) is 3.15. The highest BCUT2D eigenvalue weighted by Crippen LogP contribution is 2.26. The lowest BCUT2D eigenvalue weighted by molar-refractivity contribution is 0.205. The molecule has 1 aromatic heterocycles. The monoisotopic (exact) mass is 439 g/mol. The molecule has 0 saturated heterocycles. The van der Waals surface area contributed by atoms with Crippen LogP contribution in [-0.2, 0) is 6.54 Å². The molecule has 0 aliphatic heterocycles. The molecule has 0 bridgehead atoms. The van der Waals surface area contributed by atoms with Gasteiger partial charge in [-0.3, -0.25) is 4.79 Å². The van der Waals surface area contributed by atoms with Crippen molar-refractivity contribution in [1.29, 1.82) is 0 Å². The molecule has 0 radical (unpaired) electrons. The van der Waals surface area contributed by atoms with Gasteiger partial charge in [0.1, 0.15) is 31.3 Å². The molecule has 0 atom stereocenters. The minimum Gasteiger partial charge on any atom is -0.497 e. The van der Waals surface area contributed by atoms with Gasteiger partial charge >= 0.3 is 0 Å². The zero-order valence-electron chi connectivity index (χ0n) is 18.7. The molecular formula is C25H29NO6. The van der Waals surface area contributed by atoms with E-state index >= 15 is 0 Å². The fraction of sp³-hybridized carbons (Fsp3) is 0.320. The zero-order valence-corrected chi connectivity index (χ0v) is 18.7. The van der Waals surface area contributed by atoms with Gasteiger partial charge in [-0.15, -0.1) is 0 Å². The van der Waals surface area contributed by atoms with Crippen LogP contribution >= 0.6 is 0 Å². The maximum absolute atomic E-state index is 12.3. The summed E-state index contributed by atoms with van der Waals surface area (Å²) in [6.45, 7) is 5.89. The van der Waals surface area contributed by atoms with Crippen molar-refractivity contribution in [3.63, 3.8) is 0 Å². The third-order valence-corrected chi connectivity index (χ3v) is 4.79. The van der Waals surface area contributed by atoms with E-state index in [9.17, 15) is 4.79 Å². The van der Waals surface area contributed by atoms with E-state index in [1.54, 1.807) is 13.3 Å². The van der Waals surface area contributed by atoms with E-state index in [1.165, 1.54) is 6.07 Å². The van der Waals surface area contributed by atoms with E-state index in [0.29, 0.717) is 43.6 Å². The molecule has 32 heavy (non-hydrogen) atoms. The maximum atomic E-state index is 12.3. The van der Waals surface area contributed by atoms with Crippen molar-refractivity contribution >= 4 is 0 Å². The van der Waals surface area contributed by atoms with Crippen LogP contribution in [0.5, 0.6) is 28.7 Å². The van der Waals surface area contributed by atoms with E-state index < -0.39 is 0 Å². The van der Waals surface area contributed by atoms with Crippen LogP contribution in [0.1, 0.15) is 12.6 Å². The highest BCUT2D eigenvalue weighted by atomic mass is 16.5. The third-order valence-electron chi connectivity index (χ3n) is 4.79. The first kappa shape index (κ1) is 23.1. The molecule has 0 saturated carbocycles. The van der Waals surface area contributed by atoms with Gasteiger partial charge in [0.05, 0.1) is 26.0 Å². The standard InChI is InChI=1S/C25H29NO6/c1-4-29-23-7-5-6-8-24(23)31-17-18-32-25-19(2)26(14-13-22(25)27)15-16-30-21-11-9-20(28-3)10-12-21/h5-14H,4,15-18H2,1-3H3. The molecule has 0 unspecified atom stereocenters. The van der Waals surface area contributed by atoms with Crippen LogP contribution in [0.4, 0.5) is 0 Å². The average Bonchev–Trinajstić information content (AvgIpc) is 2.81. The lowest BCUT2D eigenvalue weighted by atomic mass is 10.3. The quantitative estimate of drug-likeness (QED) is 0.396. The van der Waals surface area contributed by atoms with E-state index in [-0.39, 0.29) is 12.0 Å². The number of hydrogen-bond donors (Lipinski definition) is 0. The largest absolute Gasteiger partial charge is 0.497 e. The normalized spacial score (nSPS) is 10.5. The Labute approximate surface area is 188 Å². The van der Waals surface area contributed by atoms with Gasteiger partial charge in [-0.2, -0.15) is 0 Å². The van der Waals surface area contributed by atoms with Crippen LogP contribution < -0.4 is 29.1 Å². The minimum absolute atomic E-state index is 0.162. The summed E-state index contributed by atoms with van der Waals surface area (Å²) < 4.78 is 29.9. The summed E-state index contributed by atoms with van der Waals surface area (Å²) >= 11 is 0. The number of rotatable bonds is 12. The maximum Gasteiger partial charge on any atom is 0.223 e.